The second-order valence-electron chi connectivity index (χ2n) is 5.83. The topological polar surface area (TPSA) is 77.4 Å². The van der Waals surface area contributed by atoms with Crippen molar-refractivity contribution in [2.75, 3.05) is 0 Å². The SMILES string of the molecule is CC(=O)Oc1ccccc1Cn1c(C)c(C(=O)NCc2cccs2)sc1=O. The summed E-state index contributed by atoms with van der Waals surface area (Å²) < 4.78 is 6.72. The van der Waals surface area contributed by atoms with E-state index < -0.39 is 5.97 Å². The third kappa shape index (κ3) is 4.53. The van der Waals surface area contributed by atoms with Crippen molar-refractivity contribution in [3.05, 3.63) is 72.5 Å². The summed E-state index contributed by atoms with van der Waals surface area (Å²) in [6.45, 7) is 3.72. The van der Waals surface area contributed by atoms with Gasteiger partial charge in [0.05, 0.1) is 13.1 Å². The summed E-state index contributed by atoms with van der Waals surface area (Å²) in [5.41, 5.74) is 1.28. The average molecular weight is 402 g/mol. The summed E-state index contributed by atoms with van der Waals surface area (Å²) >= 11 is 2.48. The molecule has 0 saturated heterocycles. The zero-order chi connectivity index (χ0) is 19.4. The lowest BCUT2D eigenvalue weighted by Crippen LogP contribution is -2.22. The molecule has 0 bridgehead atoms. The number of carbonyl (C=O) groups excluding carboxylic acids is 2. The zero-order valence-electron chi connectivity index (χ0n) is 14.9. The van der Waals surface area contributed by atoms with Gasteiger partial charge in [0.15, 0.2) is 0 Å². The molecule has 0 aliphatic rings. The molecule has 0 fully saturated rings. The van der Waals surface area contributed by atoms with Crippen LogP contribution in [0.5, 0.6) is 5.75 Å². The number of rotatable bonds is 6. The summed E-state index contributed by atoms with van der Waals surface area (Å²) in [6.07, 6.45) is 0. The zero-order valence-corrected chi connectivity index (χ0v) is 16.5. The second-order valence-corrected chi connectivity index (χ2v) is 7.83. The standard InChI is InChI=1S/C19H18N2O4S2/c1-12-17(18(23)20-10-15-7-5-9-26-15)27-19(24)21(12)11-14-6-3-4-8-16(14)25-13(2)22/h3-9H,10-11H2,1-2H3,(H,20,23). The Morgan fingerprint density at radius 3 is 2.67 bits per heavy atom. The Balaban J connectivity index is 1.81. The highest BCUT2D eigenvalue weighted by Crippen LogP contribution is 2.21. The van der Waals surface area contributed by atoms with E-state index in [4.69, 9.17) is 4.74 Å². The number of hydrogen-bond acceptors (Lipinski definition) is 6. The van der Waals surface area contributed by atoms with Gasteiger partial charge >= 0.3 is 10.8 Å². The maximum Gasteiger partial charge on any atom is 0.308 e. The third-order valence-electron chi connectivity index (χ3n) is 3.91. The summed E-state index contributed by atoms with van der Waals surface area (Å²) in [6, 6.07) is 10.9. The van der Waals surface area contributed by atoms with Gasteiger partial charge in [-0.1, -0.05) is 35.6 Å². The second kappa shape index (κ2) is 8.32. The van der Waals surface area contributed by atoms with E-state index in [0.29, 0.717) is 28.4 Å². The number of ether oxygens (including phenoxy) is 1. The molecule has 1 amide bonds. The van der Waals surface area contributed by atoms with E-state index in [1.165, 1.54) is 11.5 Å². The average Bonchev–Trinajstić information content (AvgIpc) is 3.24. The molecule has 140 valence electrons. The Morgan fingerprint density at radius 2 is 1.96 bits per heavy atom. The fraction of sp³-hybridized carbons (Fsp3) is 0.211. The molecule has 0 spiro atoms. The largest absolute Gasteiger partial charge is 0.426 e. The van der Waals surface area contributed by atoms with Crippen LogP contribution in [0.3, 0.4) is 0 Å². The van der Waals surface area contributed by atoms with Crippen LogP contribution >= 0.6 is 22.7 Å². The third-order valence-corrected chi connectivity index (χ3v) is 5.86. The monoisotopic (exact) mass is 402 g/mol. The molecule has 0 unspecified atom stereocenters. The van der Waals surface area contributed by atoms with E-state index in [9.17, 15) is 14.4 Å². The van der Waals surface area contributed by atoms with Crippen LogP contribution in [0.25, 0.3) is 0 Å². The molecule has 0 aliphatic heterocycles. The Hall–Kier alpha value is -2.71. The molecular formula is C19H18N2O4S2. The quantitative estimate of drug-likeness (QED) is 0.507. The van der Waals surface area contributed by atoms with Gasteiger partial charge < -0.3 is 10.1 Å². The highest BCUT2D eigenvalue weighted by atomic mass is 32.1. The molecule has 1 N–H and O–H groups in total. The number of nitrogens with one attached hydrogen (secondary N) is 1. The van der Waals surface area contributed by atoms with Gasteiger partial charge in [0, 0.05) is 23.1 Å². The molecule has 0 saturated carbocycles. The lowest BCUT2D eigenvalue weighted by atomic mass is 10.2. The smallest absolute Gasteiger partial charge is 0.308 e. The van der Waals surface area contributed by atoms with Crippen LogP contribution in [0.1, 0.15) is 32.7 Å². The molecule has 3 aromatic rings. The first-order valence-corrected chi connectivity index (χ1v) is 9.92. The van der Waals surface area contributed by atoms with Crippen molar-refractivity contribution in [2.24, 2.45) is 0 Å². The molecule has 2 aromatic heterocycles. The van der Waals surface area contributed by atoms with E-state index in [-0.39, 0.29) is 17.3 Å². The molecule has 1 aromatic carbocycles. The lowest BCUT2D eigenvalue weighted by molar-refractivity contribution is -0.131. The van der Waals surface area contributed by atoms with Gasteiger partial charge in [-0.2, -0.15) is 0 Å². The number of aromatic nitrogens is 1. The number of thiophene rings is 1. The van der Waals surface area contributed by atoms with Crippen molar-refractivity contribution in [3.63, 3.8) is 0 Å². The summed E-state index contributed by atoms with van der Waals surface area (Å²) in [4.78, 5) is 37.4. The van der Waals surface area contributed by atoms with Crippen LogP contribution < -0.4 is 14.9 Å². The minimum absolute atomic E-state index is 0.225. The van der Waals surface area contributed by atoms with Crippen molar-refractivity contribution in [1.29, 1.82) is 0 Å². The number of thiazole rings is 1. The van der Waals surface area contributed by atoms with Crippen molar-refractivity contribution < 1.29 is 14.3 Å². The summed E-state index contributed by atoms with van der Waals surface area (Å²) in [5, 5.41) is 4.79. The Kier molecular flexibility index (Phi) is 5.88. The minimum Gasteiger partial charge on any atom is -0.426 e. The van der Waals surface area contributed by atoms with E-state index >= 15 is 0 Å². The van der Waals surface area contributed by atoms with Gasteiger partial charge in [-0.15, -0.1) is 11.3 Å². The number of benzene rings is 1. The van der Waals surface area contributed by atoms with Gasteiger partial charge in [0.2, 0.25) is 0 Å². The maximum atomic E-state index is 12.5. The number of hydrogen-bond donors (Lipinski definition) is 1. The molecule has 6 nitrogen and oxygen atoms in total. The number of carbonyl (C=O) groups is 2. The number of esters is 1. The van der Waals surface area contributed by atoms with E-state index in [1.807, 2.05) is 23.6 Å². The first-order valence-electron chi connectivity index (χ1n) is 8.23. The molecule has 8 heteroatoms. The molecule has 0 radical (unpaired) electrons. The van der Waals surface area contributed by atoms with Gasteiger partial charge in [-0.25, -0.2) is 0 Å². The van der Waals surface area contributed by atoms with E-state index in [2.05, 4.69) is 5.32 Å². The van der Waals surface area contributed by atoms with Gasteiger partial charge in [-0.3, -0.25) is 19.0 Å². The first-order chi connectivity index (χ1) is 13.0. The van der Waals surface area contributed by atoms with Crippen LogP contribution in [0.15, 0.2) is 46.6 Å². The Labute approximate surface area is 164 Å². The summed E-state index contributed by atoms with van der Waals surface area (Å²) in [5.74, 6) is -0.285. The van der Waals surface area contributed by atoms with Crippen molar-refractivity contribution in [1.82, 2.24) is 9.88 Å². The molecule has 0 atom stereocenters. The maximum absolute atomic E-state index is 12.5. The molecule has 0 aliphatic carbocycles. The van der Waals surface area contributed by atoms with Crippen LogP contribution in [0.4, 0.5) is 0 Å². The predicted molar refractivity (Wildman–Crippen MR) is 106 cm³/mol. The van der Waals surface area contributed by atoms with Gasteiger partial charge in [0.1, 0.15) is 10.6 Å². The van der Waals surface area contributed by atoms with Crippen molar-refractivity contribution in [2.45, 2.75) is 26.9 Å². The van der Waals surface area contributed by atoms with Crippen molar-refractivity contribution in [3.8, 4) is 5.75 Å². The first kappa shape index (κ1) is 19.1. The lowest BCUT2D eigenvalue weighted by Gasteiger charge is -2.10. The highest BCUT2D eigenvalue weighted by Gasteiger charge is 2.19. The highest BCUT2D eigenvalue weighted by molar-refractivity contribution is 7.11. The fourth-order valence-electron chi connectivity index (χ4n) is 2.59. The summed E-state index contributed by atoms with van der Waals surface area (Å²) in [7, 11) is 0. The predicted octanol–water partition coefficient (Wildman–Crippen LogP) is 3.18. The minimum atomic E-state index is -0.425. The van der Waals surface area contributed by atoms with Crippen LogP contribution in [0.2, 0.25) is 0 Å². The molecule has 3 rings (SSSR count). The number of nitrogens with zero attached hydrogens (tertiary/aromatic N) is 1. The van der Waals surface area contributed by atoms with Crippen LogP contribution in [-0.4, -0.2) is 16.4 Å². The van der Waals surface area contributed by atoms with E-state index in [1.54, 1.807) is 36.5 Å². The fourth-order valence-corrected chi connectivity index (χ4v) is 4.14. The van der Waals surface area contributed by atoms with Gasteiger partial charge in [0.25, 0.3) is 5.91 Å². The van der Waals surface area contributed by atoms with Crippen molar-refractivity contribution >= 4 is 34.6 Å². The van der Waals surface area contributed by atoms with Crippen LogP contribution in [-0.2, 0) is 17.9 Å². The van der Waals surface area contributed by atoms with Crippen LogP contribution in [0, 0.1) is 6.92 Å². The Morgan fingerprint density at radius 1 is 1.19 bits per heavy atom. The van der Waals surface area contributed by atoms with E-state index in [0.717, 1.165) is 16.2 Å². The van der Waals surface area contributed by atoms with Gasteiger partial charge in [-0.05, 0) is 24.4 Å². The number of amides is 1. The molecule has 27 heavy (non-hydrogen) atoms. The molecular weight excluding hydrogens is 384 g/mol. The molecule has 2 heterocycles. The Bertz CT molecular complexity index is 1020. The number of para-hydroxylation sites is 1. The normalized spacial score (nSPS) is 10.6.